The standard InChI is InChI=1S/C16H16N2/c1-13-12-18-10-9-15(11-16(18)17-13)8-7-14-5-3-2-4-6-14/h2-6,9-12H,7-8H2,1H3. The number of rotatable bonds is 3. The van der Waals surface area contributed by atoms with Crippen LogP contribution in [-0.2, 0) is 12.8 Å². The van der Waals surface area contributed by atoms with Crippen LogP contribution in [0, 0.1) is 6.92 Å². The van der Waals surface area contributed by atoms with E-state index in [9.17, 15) is 0 Å². The molecule has 0 radical (unpaired) electrons. The van der Waals surface area contributed by atoms with E-state index in [1.807, 2.05) is 6.92 Å². The van der Waals surface area contributed by atoms with Crippen LogP contribution in [-0.4, -0.2) is 9.38 Å². The van der Waals surface area contributed by atoms with Crippen LogP contribution in [0.25, 0.3) is 5.65 Å². The van der Waals surface area contributed by atoms with Crippen molar-refractivity contribution in [3.05, 3.63) is 71.7 Å². The predicted molar refractivity (Wildman–Crippen MR) is 73.8 cm³/mol. The third-order valence-electron chi connectivity index (χ3n) is 3.19. The second-order valence-corrected chi connectivity index (χ2v) is 4.67. The average molecular weight is 236 g/mol. The van der Waals surface area contributed by atoms with Crippen LogP contribution in [0.3, 0.4) is 0 Å². The molecule has 3 rings (SSSR count). The van der Waals surface area contributed by atoms with Gasteiger partial charge in [-0.25, -0.2) is 4.98 Å². The van der Waals surface area contributed by atoms with E-state index in [0.717, 1.165) is 24.2 Å². The van der Waals surface area contributed by atoms with Crippen molar-refractivity contribution in [3.8, 4) is 0 Å². The third-order valence-corrected chi connectivity index (χ3v) is 3.19. The van der Waals surface area contributed by atoms with Crippen LogP contribution in [0.15, 0.2) is 54.9 Å². The molecule has 2 heterocycles. The minimum absolute atomic E-state index is 1.04. The molecule has 0 atom stereocenters. The largest absolute Gasteiger partial charge is 0.307 e. The van der Waals surface area contributed by atoms with Gasteiger partial charge < -0.3 is 4.40 Å². The van der Waals surface area contributed by atoms with Crippen LogP contribution in [0.2, 0.25) is 0 Å². The summed E-state index contributed by atoms with van der Waals surface area (Å²) < 4.78 is 2.07. The smallest absolute Gasteiger partial charge is 0.137 e. The molecular formula is C16H16N2. The van der Waals surface area contributed by atoms with Gasteiger partial charge in [0.2, 0.25) is 0 Å². The Balaban J connectivity index is 1.78. The molecule has 0 amide bonds. The Kier molecular flexibility index (Phi) is 2.85. The van der Waals surface area contributed by atoms with E-state index in [-0.39, 0.29) is 0 Å². The summed E-state index contributed by atoms with van der Waals surface area (Å²) in [6, 6.07) is 15.0. The molecule has 18 heavy (non-hydrogen) atoms. The minimum Gasteiger partial charge on any atom is -0.307 e. The highest BCUT2D eigenvalue weighted by Crippen LogP contribution is 2.11. The van der Waals surface area contributed by atoms with Crippen molar-refractivity contribution in [3.63, 3.8) is 0 Å². The van der Waals surface area contributed by atoms with Gasteiger partial charge in [-0.3, -0.25) is 0 Å². The highest BCUT2D eigenvalue weighted by molar-refractivity contribution is 5.43. The van der Waals surface area contributed by atoms with Gasteiger partial charge in [0.25, 0.3) is 0 Å². The molecule has 2 nitrogen and oxygen atoms in total. The van der Waals surface area contributed by atoms with Gasteiger partial charge in [-0.2, -0.15) is 0 Å². The summed E-state index contributed by atoms with van der Waals surface area (Å²) in [4.78, 5) is 4.49. The Hall–Kier alpha value is -2.09. The molecule has 0 bridgehead atoms. The lowest BCUT2D eigenvalue weighted by Gasteiger charge is -2.02. The van der Waals surface area contributed by atoms with Crippen molar-refractivity contribution in [2.24, 2.45) is 0 Å². The van der Waals surface area contributed by atoms with Crippen molar-refractivity contribution in [1.82, 2.24) is 9.38 Å². The van der Waals surface area contributed by atoms with Gasteiger partial charge in [0.05, 0.1) is 5.69 Å². The second kappa shape index (κ2) is 4.65. The predicted octanol–water partition coefficient (Wildman–Crippen LogP) is 3.43. The van der Waals surface area contributed by atoms with E-state index in [0.29, 0.717) is 0 Å². The molecule has 0 fully saturated rings. The molecule has 2 aromatic heterocycles. The molecule has 0 saturated carbocycles. The molecule has 90 valence electrons. The number of aryl methyl sites for hydroxylation is 3. The SMILES string of the molecule is Cc1cn2ccc(CCc3ccccc3)cc2n1. The quantitative estimate of drug-likeness (QED) is 0.681. The highest BCUT2D eigenvalue weighted by atomic mass is 15.0. The lowest BCUT2D eigenvalue weighted by Crippen LogP contribution is -1.93. The number of pyridine rings is 1. The fourth-order valence-corrected chi connectivity index (χ4v) is 2.24. The van der Waals surface area contributed by atoms with E-state index in [4.69, 9.17) is 0 Å². The number of imidazole rings is 1. The molecule has 0 aliphatic carbocycles. The molecule has 2 heteroatoms. The summed E-state index contributed by atoms with van der Waals surface area (Å²) >= 11 is 0. The van der Waals surface area contributed by atoms with Crippen molar-refractivity contribution in [2.75, 3.05) is 0 Å². The Morgan fingerprint density at radius 3 is 2.61 bits per heavy atom. The number of benzene rings is 1. The van der Waals surface area contributed by atoms with Crippen molar-refractivity contribution in [1.29, 1.82) is 0 Å². The maximum atomic E-state index is 4.49. The number of hydrogen-bond acceptors (Lipinski definition) is 1. The Morgan fingerprint density at radius 2 is 1.78 bits per heavy atom. The first-order valence-corrected chi connectivity index (χ1v) is 6.29. The first kappa shape index (κ1) is 11.0. The number of fused-ring (bicyclic) bond motifs is 1. The normalized spacial score (nSPS) is 10.9. The van der Waals surface area contributed by atoms with Crippen LogP contribution in [0.5, 0.6) is 0 Å². The first-order valence-electron chi connectivity index (χ1n) is 6.29. The van der Waals surface area contributed by atoms with E-state index in [1.54, 1.807) is 0 Å². The molecule has 0 saturated heterocycles. The zero-order chi connectivity index (χ0) is 12.4. The highest BCUT2D eigenvalue weighted by Gasteiger charge is 2.00. The summed E-state index contributed by atoms with van der Waals surface area (Å²) in [6.07, 6.45) is 6.29. The molecule has 1 aromatic carbocycles. The van der Waals surface area contributed by atoms with Gasteiger partial charge in [0.1, 0.15) is 5.65 Å². The number of hydrogen-bond donors (Lipinski definition) is 0. The summed E-state index contributed by atoms with van der Waals surface area (Å²) in [5.41, 5.74) is 4.84. The Morgan fingerprint density at radius 1 is 1.00 bits per heavy atom. The number of nitrogens with zero attached hydrogens (tertiary/aromatic N) is 2. The zero-order valence-corrected chi connectivity index (χ0v) is 10.5. The zero-order valence-electron chi connectivity index (χ0n) is 10.5. The molecule has 0 N–H and O–H groups in total. The molecule has 0 aliphatic rings. The summed E-state index contributed by atoms with van der Waals surface area (Å²) in [5.74, 6) is 0. The Labute approximate surface area is 107 Å². The van der Waals surface area contributed by atoms with E-state index >= 15 is 0 Å². The van der Waals surface area contributed by atoms with Gasteiger partial charge >= 0.3 is 0 Å². The first-order chi connectivity index (χ1) is 8.81. The topological polar surface area (TPSA) is 17.3 Å². The fraction of sp³-hybridized carbons (Fsp3) is 0.188. The second-order valence-electron chi connectivity index (χ2n) is 4.67. The van der Waals surface area contributed by atoms with Gasteiger partial charge in [0.15, 0.2) is 0 Å². The summed E-state index contributed by atoms with van der Waals surface area (Å²) in [5, 5.41) is 0. The minimum atomic E-state index is 1.04. The van der Waals surface area contributed by atoms with Gasteiger partial charge in [-0.15, -0.1) is 0 Å². The van der Waals surface area contributed by atoms with Crippen LogP contribution in [0.4, 0.5) is 0 Å². The maximum absolute atomic E-state index is 4.49. The molecule has 0 aliphatic heterocycles. The lowest BCUT2D eigenvalue weighted by molar-refractivity contribution is 0.954. The van der Waals surface area contributed by atoms with Gasteiger partial charge in [-0.05, 0) is 43.0 Å². The summed E-state index contributed by atoms with van der Waals surface area (Å²) in [6.45, 7) is 2.02. The van der Waals surface area contributed by atoms with Crippen LogP contribution in [0.1, 0.15) is 16.8 Å². The fourth-order valence-electron chi connectivity index (χ4n) is 2.24. The molecule has 0 unspecified atom stereocenters. The van der Waals surface area contributed by atoms with Crippen molar-refractivity contribution >= 4 is 5.65 Å². The van der Waals surface area contributed by atoms with E-state index in [2.05, 4.69) is 64.2 Å². The number of aromatic nitrogens is 2. The molecular weight excluding hydrogens is 220 g/mol. The monoisotopic (exact) mass is 236 g/mol. The van der Waals surface area contributed by atoms with E-state index in [1.165, 1.54) is 11.1 Å². The van der Waals surface area contributed by atoms with E-state index < -0.39 is 0 Å². The van der Waals surface area contributed by atoms with Crippen LogP contribution < -0.4 is 0 Å². The van der Waals surface area contributed by atoms with Gasteiger partial charge in [-0.1, -0.05) is 30.3 Å². The van der Waals surface area contributed by atoms with Gasteiger partial charge in [0, 0.05) is 12.4 Å². The molecule has 0 spiro atoms. The van der Waals surface area contributed by atoms with Crippen molar-refractivity contribution < 1.29 is 0 Å². The Bertz CT molecular complexity index is 653. The van der Waals surface area contributed by atoms with Crippen molar-refractivity contribution in [2.45, 2.75) is 19.8 Å². The lowest BCUT2D eigenvalue weighted by atomic mass is 10.1. The molecule has 3 aromatic rings. The summed E-state index contributed by atoms with van der Waals surface area (Å²) in [7, 11) is 0. The maximum Gasteiger partial charge on any atom is 0.137 e. The third kappa shape index (κ3) is 2.28. The van der Waals surface area contributed by atoms with Crippen LogP contribution >= 0.6 is 0 Å². The average Bonchev–Trinajstić information content (AvgIpc) is 2.77.